The van der Waals surface area contributed by atoms with Crippen molar-refractivity contribution >= 4 is 0 Å². The van der Waals surface area contributed by atoms with Gasteiger partial charge in [-0.2, -0.15) is 0 Å². The van der Waals surface area contributed by atoms with E-state index in [1.165, 1.54) is 6.07 Å². The van der Waals surface area contributed by atoms with Crippen molar-refractivity contribution < 1.29 is 9.13 Å². The summed E-state index contributed by atoms with van der Waals surface area (Å²) in [4.78, 5) is 2.16. The summed E-state index contributed by atoms with van der Waals surface area (Å²) in [7, 11) is 5.69. The summed E-state index contributed by atoms with van der Waals surface area (Å²) in [5.41, 5.74) is 0.714. The van der Waals surface area contributed by atoms with Crippen LogP contribution in [0.2, 0.25) is 0 Å². The normalized spacial score (nSPS) is 13.6. The molecule has 0 heterocycles. The maximum absolute atomic E-state index is 14.0. The van der Waals surface area contributed by atoms with Gasteiger partial charge < -0.3 is 15.0 Å². The smallest absolute Gasteiger partial charge is 0.131 e. The molecule has 1 rings (SSSR count). The Morgan fingerprint density at radius 1 is 1.35 bits per heavy atom. The molecule has 0 aromatic heterocycles. The summed E-state index contributed by atoms with van der Waals surface area (Å²) >= 11 is 0. The largest absolute Gasteiger partial charge is 0.496 e. The van der Waals surface area contributed by atoms with Gasteiger partial charge in [-0.05, 0) is 38.6 Å². The van der Waals surface area contributed by atoms with Crippen molar-refractivity contribution in [2.75, 3.05) is 34.3 Å². The zero-order valence-electron chi connectivity index (χ0n) is 13.5. The average Bonchev–Trinajstić information content (AvgIpc) is 2.34. The van der Waals surface area contributed by atoms with Crippen molar-refractivity contribution in [1.82, 2.24) is 10.2 Å². The lowest BCUT2D eigenvalue weighted by Crippen LogP contribution is -2.38. The first kappa shape index (κ1) is 16.9. The Morgan fingerprint density at radius 2 is 2.00 bits per heavy atom. The summed E-state index contributed by atoms with van der Waals surface area (Å²) in [6.45, 7) is 8.15. The van der Waals surface area contributed by atoms with E-state index in [2.05, 4.69) is 38.2 Å². The standard InChI is InChI=1S/C16H27FN2O/c1-12(18-10-16(2,3)11-19(4)5)15-13(17)8-7-9-14(15)20-6/h7-9,12,18H,10-11H2,1-6H3. The van der Waals surface area contributed by atoms with Crippen LogP contribution in [0.25, 0.3) is 0 Å². The Labute approximate surface area is 122 Å². The molecule has 0 saturated carbocycles. The molecule has 3 nitrogen and oxygen atoms in total. The molecule has 4 heteroatoms. The van der Waals surface area contributed by atoms with E-state index in [4.69, 9.17) is 4.74 Å². The molecule has 1 aromatic rings. The molecule has 114 valence electrons. The first-order chi connectivity index (χ1) is 9.26. The molecule has 0 saturated heterocycles. The maximum Gasteiger partial charge on any atom is 0.131 e. The van der Waals surface area contributed by atoms with Gasteiger partial charge in [0.1, 0.15) is 11.6 Å². The molecule has 0 radical (unpaired) electrons. The van der Waals surface area contributed by atoms with Crippen LogP contribution in [0.4, 0.5) is 4.39 Å². The van der Waals surface area contributed by atoms with Gasteiger partial charge >= 0.3 is 0 Å². The summed E-state index contributed by atoms with van der Waals surface area (Å²) < 4.78 is 19.2. The summed E-state index contributed by atoms with van der Waals surface area (Å²) in [6, 6.07) is 4.84. The van der Waals surface area contributed by atoms with Gasteiger partial charge in [0, 0.05) is 24.7 Å². The van der Waals surface area contributed by atoms with Crippen LogP contribution in [0.15, 0.2) is 18.2 Å². The van der Waals surface area contributed by atoms with Crippen LogP contribution in [0.5, 0.6) is 5.75 Å². The van der Waals surface area contributed by atoms with Gasteiger partial charge in [-0.15, -0.1) is 0 Å². The van der Waals surface area contributed by atoms with Crippen molar-refractivity contribution in [2.24, 2.45) is 5.41 Å². The van der Waals surface area contributed by atoms with Crippen molar-refractivity contribution in [3.63, 3.8) is 0 Å². The topological polar surface area (TPSA) is 24.5 Å². The molecule has 0 amide bonds. The first-order valence-corrected chi connectivity index (χ1v) is 6.97. The van der Waals surface area contributed by atoms with E-state index in [9.17, 15) is 4.39 Å². The Morgan fingerprint density at radius 3 is 2.55 bits per heavy atom. The molecule has 1 unspecified atom stereocenters. The number of hydrogen-bond donors (Lipinski definition) is 1. The molecule has 1 aromatic carbocycles. The number of ether oxygens (including phenoxy) is 1. The lowest BCUT2D eigenvalue weighted by molar-refractivity contribution is 0.225. The highest BCUT2D eigenvalue weighted by molar-refractivity contribution is 5.36. The lowest BCUT2D eigenvalue weighted by atomic mass is 9.92. The second-order valence-electron chi connectivity index (χ2n) is 6.36. The minimum atomic E-state index is -0.227. The van der Waals surface area contributed by atoms with E-state index >= 15 is 0 Å². The van der Waals surface area contributed by atoms with Gasteiger partial charge in [0.2, 0.25) is 0 Å². The summed E-state index contributed by atoms with van der Waals surface area (Å²) in [5, 5.41) is 3.41. The van der Waals surface area contributed by atoms with Gasteiger partial charge in [-0.1, -0.05) is 19.9 Å². The van der Waals surface area contributed by atoms with Crippen molar-refractivity contribution in [2.45, 2.75) is 26.8 Å². The van der Waals surface area contributed by atoms with Crippen LogP contribution < -0.4 is 10.1 Å². The number of nitrogens with zero attached hydrogens (tertiary/aromatic N) is 1. The quantitative estimate of drug-likeness (QED) is 0.832. The monoisotopic (exact) mass is 282 g/mol. The minimum Gasteiger partial charge on any atom is -0.496 e. The number of nitrogens with one attached hydrogen (secondary N) is 1. The van der Waals surface area contributed by atoms with Gasteiger partial charge in [0.25, 0.3) is 0 Å². The van der Waals surface area contributed by atoms with E-state index in [1.807, 2.05) is 6.92 Å². The second-order valence-corrected chi connectivity index (χ2v) is 6.36. The predicted molar refractivity (Wildman–Crippen MR) is 81.7 cm³/mol. The molecule has 0 aliphatic carbocycles. The number of hydrogen-bond acceptors (Lipinski definition) is 3. The number of methoxy groups -OCH3 is 1. The third-order valence-electron chi connectivity index (χ3n) is 3.30. The Hall–Kier alpha value is -1.13. The molecule has 20 heavy (non-hydrogen) atoms. The SMILES string of the molecule is COc1cccc(F)c1C(C)NCC(C)(C)CN(C)C. The number of rotatable bonds is 7. The highest BCUT2D eigenvalue weighted by Crippen LogP contribution is 2.28. The van der Waals surface area contributed by atoms with Crippen LogP contribution in [0.3, 0.4) is 0 Å². The second kappa shape index (κ2) is 7.04. The van der Waals surface area contributed by atoms with Crippen LogP contribution in [0, 0.1) is 11.2 Å². The van der Waals surface area contributed by atoms with Crippen molar-refractivity contribution in [3.05, 3.63) is 29.6 Å². The Kier molecular flexibility index (Phi) is 5.96. The third kappa shape index (κ3) is 4.76. The van der Waals surface area contributed by atoms with Gasteiger partial charge in [0.15, 0.2) is 0 Å². The Balaban J connectivity index is 2.75. The highest BCUT2D eigenvalue weighted by Gasteiger charge is 2.22. The fourth-order valence-corrected chi connectivity index (χ4v) is 2.56. The van der Waals surface area contributed by atoms with E-state index in [0.29, 0.717) is 11.3 Å². The van der Waals surface area contributed by atoms with Gasteiger partial charge in [-0.25, -0.2) is 4.39 Å². The number of benzene rings is 1. The number of halogens is 1. The molecule has 1 N–H and O–H groups in total. The van der Waals surface area contributed by atoms with E-state index in [-0.39, 0.29) is 17.3 Å². The van der Waals surface area contributed by atoms with Gasteiger partial charge in [-0.3, -0.25) is 0 Å². The first-order valence-electron chi connectivity index (χ1n) is 6.97. The molecule has 0 aliphatic rings. The van der Waals surface area contributed by atoms with E-state index in [1.54, 1.807) is 19.2 Å². The van der Waals surface area contributed by atoms with Crippen LogP contribution >= 0.6 is 0 Å². The summed E-state index contributed by atoms with van der Waals surface area (Å²) in [6.07, 6.45) is 0. The zero-order chi connectivity index (χ0) is 15.3. The van der Waals surface area contributed by atoms with E-state index < -0.39 is 0 Å². The molecule has 0 spiro atoms. The zero-order valence-corrected chi connectivity index (χ0v) is 13.5. The van der Waals surface area contributed by atoms with Crippen LogP contribution in [0.1, 0.15) is 32.4 Å². The van der Waals surface area contributed by atoms with Crippen molar-refractivity contribution in [1.29, 1.82) is 0 Å². The molecule has 1 atom stereocenters. The third-order valence-corrected chi connectivity index (χ3v) is 3.30. The minimum absolute atomic E-state index is 0.0902. The van der Waals surface area contributed by atoms with Crippen LogP contribution in [-0.2, 0) is 0 Å². The highest BCUT2D eigenvalue weighted by atomic mass is 19.1. The maximum atomic E-state index is 14.0. The van der Waals surface area contributed by atoms with Gasteiger partial charge in [0.05, 0.1) is 7.11 Å². The molecular formula is C16H27FN2O. The molecule has 0 fully saturated rings. The predicted octanol–water partition coefficient (Wildman–Crippen LogP) is 3.07. The average molecular weight is 282 g/mol. The molecule has 0 bridgehead atoms. The van der Waals surface area contributed by atoms with Crippen molar-refractivity contribution in [3.8, 4) is 5.75 Å². The fraction of sp³-hybridized carbons (Fsp3) is 0.625. The summed E-state index contributed by atoms with van der Waals surface area (Å²) in [5.74, 6) is 0.366. The van der Waals surface area contributed by atoms with Crippen LogP contribution in [-0.4, -0.2) is 39.2 Å². The van der Waals surface area contributed by atoms with E-state index in [0.717, 1.165) is 13.1 Å². The fourth-order valence-electron chi connectivity index (χ4n) is 2.56. The Bertz CT molecular complexity index is 432. The lowest BCUT2D eigenvalue weighted by Gasteiger charge is -2.30. The molecule has 0 aliphatic heterocycles. The molecular weight excluding hydrogens is 255 g/mol.